The molecule has 3 rings (SSSR count). The summed E-state index contributed by atoms with van der Waals surface area (Å²) in [5, 5.41) is 1.29. The van der Waals surface area contributed by atoms with E-state index in [1.807, 2.05) is 12.1 Å². The second kappa shape index (κ2) is 7.21. The minimum atomic E-state index is -0.195. The fraction of sp³-hybridized carbons (Fsp3) is 0.235. The molecule has 1 saturated heterocycles. The molecule has 4 nitrogen and oxygen atoms in total. The quantitative estimate of drug-likeness (QED) is 0.840. The number of hydrogen-bond acceptors (Lipinski definition) is 3. The van der Waals surface area contributed by atoms with Crippen molar-refractivity contribution >= 4 is 34.8 Å². The van der Waals surface area contributed by atoms with Gasteiger partial charge < -0.3 is 14.4 Å². The van der Waals surface area contributed by atoms with Crippen LogP contribution in [0, 0.1) is 0 Å². The maximum absolute atomic E-state index is 12.0. The Hall–Kier alpha value is -1.75. The van der Waals surface area contributed by atoms with Crippen LogP contribution in [0.25, 0.3) is 0 Å². The Morgan fingerprint density at radius 2 is 1.65 bits per heavy atom. The summed E-state index contributed by atoms with van der Waals surface area (Å²) in [6.45, 7) is 0.838. The topological polar surface area (TPSA) is 38.8 Å². The average molecular weight is 352 g/mol. The van der Waals surface area contributed by atoms with Gasteiger partial charge in [0.2, 0.25) is 0 Å². The lowest BCUT2D eigenvalue weighted by atomic mass is 10.2. The molecule has 120 valence electrons. The van der Waals surface area contributed by atoms with Gasteiger partial charge in [0, 0.05) is 15.7 Å². The van der Waals surface area contributed by atoms with E-state index in [1.54, 1.807) is 41.3 Å². The van der Waals surface area contributed by atoms with Gasteiger partial charge in [0.1, 0.15) is 25.1 Å². The molecular formula is C17H15Cl2NO3. The molecule has 1 atom stereocenters. The smallest absolute Gasteiger partial charge is 0.253 e. The minimum absolute atomic E-state index is 0.0390. The van der Waals surface area contributed by atoms with Crippen molar-refractivity contribution in [3.8, 4) is 5.75 Å². The number of morpholine rings is 1. The number of benzene rings is 2. The molecule has 23 heavy (non-hydrogen) atoms. The third-order valence-electron chi connectivity index (χ3n) is 3.52. The van der Waals surface area contributed by atoms with Gasteiger partial charge in [-0.1, -0.05) is 23.2 Å². The van der Waals surface area contributed by atoms with Gasteiger partial charge >= 0.3 is 0 Å². The summed E-state index contributed by atoms with van der Waals surface area (Å²) < 4.78 is 11.2. The molecule has 0 radical (unpaired) electrons. The summed E-state index contributed by atoms with van der Waals surface area (Å²) in [5.74, 6) is 0.642. The standard InChI is InChI=1S/C17H15Cl2NO3/c18-12-1-5-14(6-2-12)20-9-16(23-11-17(20)21)10-22-15-7-3-13(19)4-8-15/h1-8,16H,9-11H2. The normalized spacial score (nSPS) is 18.1. The number of nitrogens with zero attached hydrogens (tertiary/aromatic N) is 1. The van der Waals surface area contributed by atoms with Crippen molar-refractivity contribution in [1.29, 1.82) is 0 Å². The maximum Gasteiger partial charge on any atom is 0.253 e. The summed E-state index contributed by atoms with van der Waals surface area (Å²) in [5.41, 5.74) is 0.805. The van der Waals surface area contributed by atoms with E-state index in [1.165, 1.54) is 0 Å². The molecule has 1 heterocycles. The predicted octanol–water partition coefficient (Wildman–Crippen LogP) is 3.80. The molecule has 1 fully saturated rings. The summed E-state index contributed by atoms with van der Waals surface area (Å²) in [6, 6.07) is 14.3. The highest BCUT2D eigenvalue weighted by Gasteiger charge is 2.27. The number of ether oxygens (including phenoxy) is 2. The van der Waals surface area contributed by atoms with Crippen LogP contribution in [0.3, 0.4) is 0 Å². The third kappa shape index (κ3) is 4.16. The predicted molar refractivity (Wildman–Crippen MR) is 90.5 cm³/mol. The first-order valence-electron chi connectivity index (χ1n) is 7.18. The molecule has 6 heteroatoms. The highest BCUT2D eigenvalue weighted by Crippen LogP contribution is 2.22. The highest BCUT2D eigenvalue weighted by molar-refractivity contribution is 6.30. The van der Waals surface area contributed by atoms with Gasteiger partial charge in [-0.2, -0.15) is 0 Å². The van der Waals surface area contributed by atoms with E-state index >= 15 is 0 Å². The highest BCUT2D eigenvalue weighted by atomic mass is 35.5. The van der Waals surface area contributed by atoms with Crippen LogP contribution in [-0.2, 0) is 9.53 Å². The van der Waals surface area contributed by atoms with Gasteiger partial charge in [-0.05, 0) is 48.5 Å². The first-order valence-corrected chi connectivity index (χ1v) is 7.93. The van der Waals surface area contributed by atoms with Crippen molar-refractivity contribution in [1.82, 2.24) is 0 Å². The second-order valence-electron chi connectivity index (χ2n) is 5.18. The minimum Gasteiger partial charge on any atom is -0.491 e. The summed E-state index contributed by atoms with van der Waals surface area (Å²) >= 11 is 11.7. The molecule has 1 unspecified atom stereocenters. The lowest BCUT2D eigenvalue weighted by Gasteiger charge is -2.32. The van der Waals surface area contributed by atoms with E-state index in [-0.39, 0.29) is 18.6 Å². The van der Waals surface area contributed by atoms with Crippen LogP contribution < -0.4 is 9.64 Å². The molecule has 0 bridgehead atoms. The van der Waals surface area contributed by atoms with Gasteiger partial charge in [-0.25, -0.2) is 0 Å². The molecule has 0 spiro atoms. The molecule has 2 aromatic carbocycles. The summed E-state index contributed by atoms with van der Waals surface area (Å²) in [7, 11) is 0. The first-order chi connectivity index (χ1) is 11.1. The van der Waals surface area contributed by atoms with Crippen molar-refractivity contribution in [2.24, 2.45) is 0 Å². The van der Waals surface area contributed by atoms with Gasteiger partial charge in [0.25, 0.3) is 5.91 Å². The molecule has 0 saturated carbocycles. The third-order valence-corrected chi connectivity index (χ3v) is 4.02. The number of carbonyl (C=O) groups is 1. The molecule has 2 aromatic rings. The number of anilines is 1. The van der Waals surface area contributed by atoms with Crippen LogP contribution in [0.4, 0.5) is 5.69 Å². The van der Waals surface area contributed by atoms with Gasteiger partial charge in [0.05, 0.1) is 6.54 Å². The monoisotopic (exact) mass is 351 g/mol. The van der Waals surface area contributed by atoms with Crippen LogP contribution in [0.15, 0.2) is 48.5 Å². The van der Waals surface area contributed by atoms with Crippen LogP contribution in [0.2, 0.25) is 10.0 Å². The van der Waals surface area contributed by atoms with E-state index in [0.717, 1.165) is 5.69 Å². The molecule has 0 N–H and O–H groups in total. The number of hydrogen-bond donors (Lipinski definition) is 0. The largest absolute Gasteiger partial charge is 0.491 e. The van der Waals surface area contributed by atoms with E-state index in [0.29, 0.717) is 28.9 Å². The zero-order valence-corrected chi connectivity index (χ0v) is 13.8. The number of rotatable bonds is 4. The van der Waals surface area contributed by atoms with Gasteiger partial charge in [0.15, 0.2) is 0 Å². The Kier molecular flexibility index (Phi) is 5.06. The Balaban J connectivity index is 1.62. The van der Waals surface area contributed by atoms with Gasteiger partial charge in [-0.3, -0.25) is 4.79 Å². The van der Waals surface area contributed by atoms with E-state index < -0.39 is 0 Å². The number of carbonyl (C=O) groups excluding carboxylic acids is 1. The zero-order chi connectivity index (χ0) is 16.2. The molecule has 1 aliphatic rings. The molecule has 1 aliphatic heterocycles. The second-order valence-corrected chi connectivity index (χ2v) is 6.05. The fourth-order valence-electron chi connectivity index (χ4n) is 2.32. The van der Waals surface area contributed by atoms with Crippen molar-refractivity contribution in [2.75, 3.05) is 24.7 Å². The Morgan fingerprint density at radius 1 is 1.04 bits per heavy atom. The number of halogens is 2. The Labute approximate surface area is 144 Å². The lowest BCUT2D eigenvalue weighted by Crippen LogP contribution is -2.48. The fourth-order valence-corrected chi connectivity index (χ4v) is 2.57. The first kappa shape index (κ1) is 16.1. The summed E-state index contributed by atoms with van der Waals surface area (Å²) in [6.07, 6.45) is -0.195. The van der Waals surface area contributed by atoms with Crippen molar-refractivity contribution in [3.63, 3.8) is 0 Å². The van der Waals surface area contributed by atoms with Gasteiger partial charge in [-0.15, -0.1) is 0 Å². The Morgan fingerprint density at radius 3 is 2.30 bits per heavy atom. The summed E-state index contributed by atoms with van der Waals surface area (Å²) in [4.78, 5) is 13.7. The van der Waals surface area contributed by atoms with Crippen molar-refractivity contribution in [3.05, 3.63) is 58.6 Å². The molecule has 0 aromatic heterocycles. The molecular weight excluding hydrogens is 337 g/mol. The SMILES string of the molecule is O=C1COC(COc2ccc(Cl)cc2)CN1c1ccc(Cl)cc1. The van der Waals surface area contributed by atoms with Crippen LogP contribution >= 0.6 is 23.2 Å². The average Bonchev–Trinajstić information content (AvgIpc) is 2.56. The van der Waals surface area contributed by atoms with Crippen LogP contribution in [0.1, 0.15) is 0 Å². The van der Waals surface area contributed by atoms with Crippen LogP contribution in [-0.4, -0.2) is 31.8 Å². The van der Waals surface area contributed by atoms with Crippen molar-refractivity contribution < 1.29 is 14.3 Å². The lowest BCUT2D eigenvalue weighted by molar-refractivity contribution is -0.130. The van der Waals surface area contributed by atoms with Crippen LogP contribution in [0.5, 0.6) is 5.75 Å². The van der Waals surface area contributed by atoms with Crippen molar-refractivity contribution in [2.45, 2.75) is 6.10 Å². The maximum atomic E-state index is 12.0. The van der Waals surface area contributed by atoms with E-state index in [2.05, 4.69) is 0 Å². The van der Waals surface area contributed by atoms with E-state index in [9.17, 15) is 4.79 Å². The number of amides is 1. The molecule has 0 aliphatic carbocycles. The van der Waals surface area contributed by atoms with E-state index in [4.69, 9.17) is 32.7 Å². The zero-order valence-electron chi connectivity index (χ0n) is 12.2. The Bertz CT molecular complexity index is 673. The molecule has 1 amide bonds.